The van der Waals surface area contributed by atoms with Crippen LogP contribution in [0.25, 0.3) is 0 Å². The van der Waals surface area contributed by atoms with E-state index in [1.165, 1.54) is 11.1 Å². The molecule has 0 saturated heterocycles. The molecule has 0 aliphatic heterocycles. The molecule has 0 atom stereocenters. The topological polar surface area (TPSA) is 0 Å². The van der Waals surface area contributed by atoms with Crippen molar-refractivity contribution in [3.63, 3.8) is 0 Å². The molecular weight excluding hydrogens is 192 g/mol. The highest BCUT2D eigenvalue weighted by atomic mass is 14.3. The van der Waals surface area contributed by atoms with E-state index in [2.05, 4.69) is 65.8 Å². The van der Waals surface area contributed by atoms with Crippen LogP contribution in [0.4, 0.5) is 0 Å². The monoisotopic (exact) mass is 217 g/mol. The summed E-state index contributed by atoms with van der Waals surface area (Å²) in [4.78, 5) is 0. The SMILES string of the molecule is CCC(C)(C)c1[c]c(C(C)(C)CC)ccc1. The van der Waals surface area contributed by atoms with Gasteiger partial charge in [0.25, 0.3) is 0 Å². The Balaban J connectivity index is 3.14. The fourth-order valence-corrected chi connectivity index (χ4v) is 1.64. The van der Waals surface area contributed by atoms with Crippen LogP contribution in [0.3, 0.4) is 0 Å². The van der Waals surface area contributed by atoms with Gasteiger partial charge in [-0.3, -0.25) is 0 Å². The van der Waals surface area contributed by atoms with Crippen LogP contribution in [0, 0.1) is 6.07 Å². The molecule has 0 bridgehead atoms. The second-order valence-corrected chi connectivity index (χ2v) is 5.95. The van der Waals surface area contributed by atoms with Crippen molar-refractivity contribution >= 4 is 0 Å². The molecular formula is C16H25. The lowest BCUT2D eigenvalue weighted by molar-refractivity contribution is 0.487. The van der Waals surface area contributed by atoms with Gasteiger partial charge in [-0.05, 0) is 40.9 Å². The molecule has 1 radical (unpaired) electrons. The minimum Gasteiger partial charge on any atom is -0.0646 e. The first-order chi connectivity index (χ1) is 7.33. The molecule has 0 heteroatoms. The lowest BCUT2D eigenvalue weighted by Crippen LogP contribution is -2.20. The maximum Gasteiger partial charge on any atom is -0.00999 e. The van der Waals surface area contributed by atoms with Gasteiger partial charge in [-0.2, -0.15) is 0 Å². The molecule has 0 N–H and O–H groups in total. The van der Waals surface area contributed by atoms with Gasteiger partial charge in [-0.25, -0.2) is 0 Å². The molecule has 0 aliphatic rings. The molecule has 0 saturated carbocycles. The van der Waals surface area contributed by atoms with Crippen molar-refractivity contribution < 1.29 is 0 Å². The maximum atomic E-state index is 3.63. The van der Waals surface area contributed by atoms with E-state index in [9.17, 15) is 0 Å². The third-order valence-corrected chi connectivity index (χ3v) is 4.02. The summed E-state index contributed by atoms with van der Waals surface area (Å²) in [6.07, 6.45) is 2.30. The second kappa shape index (κ2) is 4.61. The van der Waals surface area contributed by atoms with Crippen LogP contribution in [0.5, 0.6) is 0 Å². The summed E-state index contributed by atoms with van der Waals surface area (Å²) >= 11 is 0. The van der Waals surface area contributed by atoms with Gasteiger partial charge < -0.3 is 0 Å². The molecule has 0 fully saturated rings. The van der Waals surface area contributed by atoms with Crippen LogP contribution in [-0.2, 0) is 10.8 Å². The van der Waals surface area contributed by atoms with Crippen molar-refractivity contribution in [2.45, 2.75) is 65.2 Å². The van der Waals surface area contributed by atoms with Gasteiger partial charge >= 0.3 is 0 Å². The molecule has 1 aromatic rings. The Morgan fingerprint density at radius 2 is 1.25 bits per heavy atom. The van der Waals surface area contributed by atoms with Gasteiger partial charge in [0.1, 0.15) is 0 Å². The van der Waals surface area contributed by atoms with Gasteiger partial charge in [0.15, 0.2) is 0 Å². The molecule has 89 valence electrons. The summed E-state index contributed by atoms with van der Waals surface area (Å²) in [5, 5.41) is 0. The van der Waals surface area contributed by atoms with Crippen molar-refractivity contribution in [2.24, 2.45) is 0 Å². The molecule has 0 aliphatic carbocycles. The van der Waals surface area contributed by atoms with E-state index in [1.54, 1.807) is 0 Å². The summed E-state index contributed by atoms with van der Waals surface area (Å²) in [6, 6.07) is 10.2. The van der Waals surface area contributed by atoms with Crippen LogP contribution in [0.1, 0.15) is 65.5 Å². The van der Waals surface area contributed by atoms with E-state index in [0.29, 0.717) is 0 Å². The highest BCUT2D eigenvalue weighted by Gasteiger charge is 2.23. The Hall–Kier alpha value is -0.780. The lowest BCUT2D eigenvalue weighted by atomic mass is 9.77. The van der Waals surface area contributed by atoms with E-state index < -0.39 is 0 Å². The van der Waals surface area contributed by atoms with Gasteiger partial charge in [-0.1, -0.05) is 59.7 Å². The summed E-state index contributed by atoms with van der Waals surface area (Å²) in [6.45, 7) is 13.7. The van der Waals surface area contributed by atoms with Gasteiger partial charge in [0.2, 0.25) is 0 Å². The molecule has 1 rings (SSSR count). The van der Waals surface area contributed by atoms with Crippen LogP contribution in [0.15, 0.2) is 18.2 Å². The summed E-state index contributed by atoms with van der Waals surface area (Å²) < 4.78 is 0. The van der Waals surface area contributed by atoms with E-state index in [1.807, 2.05) is 0 Å². The molecule has 0 amide bonds. The van der Waals surface area contributed by atoms with E-state index in [4.69, 9.17) is 0 Å². The minimum absolute atomic E-state index is 0.236. The fourth-order valence-electron chi connectivity index (χ4n) is 1.64. The van der Waals surface area contributed by atoms with Crippen LogP contribution in [-0.4, -0.2) is 0 Å². The predicted octanol–water partition coefficient (Wildman–Crippen LogP) is 4.86. The average molecular weight is 217 g/mol. The lowest BCUT2D eigenvalue weighted by Gasteiger charge is -2.28. The Morgan fingerprint density at radius 1 is 0.875 bits per heavy atom. The molecule has 16 heavy (non-hydrogen) atoms. The van der Waals surface area contributed by atoms with Crippen molar-refractivity contribution in [2.75, 3.05) is 0 Å². The molecule has 0 spiro atoms. The van der Waals surface area contributed by atoms with Crippen molar-refractivity contribution in [3.8, 4) is 0 Å². The normalized spacial score (nSPS) is 12.9. The molecule has 0 heterocycles. The minimum atomic E-state index is 0.236. The van der Waals surface area contributed by atoms with Crippen molar-refractivity contribution in [1.82, 2.24) is 0 Å². The van der Waals surface area contributed by atoms with Crippen LogP contribution >= 0.6 is 0 Å². The van der Waals surface area contributed by atoms with Gasteiger partial charge in [-0.15, -0.1) is 0 Å². The molecule has 0 unspecified atom stereocenters. The van der Waals surface area contributed by atoms with E-state index in [-0.39, 0.29) is 10.8 Å². The van der Waals surface area contributed by atoms with Crippen LogP contribution < -0.4 is 0 Å². The molecule has 1 aromatic carbocycles. The van der Waals surface area contributed by atoms with E-state index in [0.717, 1.165) is 12.8 Å². The summed E-state index contributed by atoms with van der Waals surface area (Å²) in [7, 11) is 0. The number of rotatable bonds is 4. The van der Waals surface area contributed by atoms with Gasteiger partial charge in [0, 0.05) is 0 Å². The number of hydrogen-bond donors (Lipinski definition) is 0. The zero-order chi connectivity index (χ0) is 12.4. The predicted molar refractivity (Wildman–Crippen MR) is 71.9 cm³/mol. The van der Waals surface area contributed by atoms with E-state index >= 15 is 0 Å². The zero-order valence-electron chi connectivity index (χ0n) is 11.6. The number of benzene rings is 1. The first-order valence-electron chi connectivity index (χ1n) is 6.37. The zero-order valence-corrected chi connectivity index (χ0v) is 11.6. The Morgan fingerprint density at radius 3 is 1.56 bits per heavy atom. The average Bonchev–Trinajstić information content (AvgIpc) is 2.29. The smallest absolute Gasteiger partial charge is 0.00999 e. The van der Waals surface area contributed by atoms with Gasteiger partial charge in [0.05, 0.1) is 0 Å². The largest absolute Gasteiger partial charge is 0.0646 e. The van der Waals surface area contributed by atoms with Crippen molar-refractivity contribution in [3.05, 3.63) is 35.4 Å². The summed E-state index contributed by atoms with van der Waals surface area (Å²) in [5.41, 5.74) is 3.16. The van der Waals surface area contributed by atoms with Crippen LogP contribution in [0.2, 0.25) is 0 Å². The maximum absolute atomic E-state index is 3.63. The first-order valence-corrected chi connectivity index (χ1v) is 6.37. The third-order valence-electron chi connectivity index (χ3n) is 4.02. The molecule has 0 nitrogen and oxygen atoms in total. The Bertz CT molecular complexity index is 314. The third kappa shape index (κ3) is 2.66. The Labute approximate surface area is 101 Å². The highest BCUT2D eigenvalue weighted by Crippen LogP contribution is 2.31. The number of hydrogen-bond acceptors (Lipinski definition) is 0. The Kier molecular flexibility index (Phi) is 3.83. The summed E-state index contributed by atoms with van der Waals surface area (Å²) in [5.74, 6) is 0. The molecule has 0 aromatic heterocycles. The highest BCUT2D eigenvalue weighted by molar-refractivity contribution is 5.31. The first kappa shape index (κ1) is 13.3. The standard InChI is InChI=1S/C16H25/c1-7-15(3,4)13-10-9-11-14(12-13)16(5,6)8-2/h9-11H,7-8H2,1-6H3. The van der Waals surface area contributed by atoms with Crippen molar-refractivity contribution in [1.29, 1.82) is 0 Å². The second-order valence-electron chi connectivity index (χ2n) is 5.95. The fraction of sp³-hybridized carbons (Fsp3) is 0.625. The quantitative estimate of drug-likeness (QED) is 0.675.